The molecule has 1 atom stereocenters. The maximum absolute atomic E-state index is 12.5. The molecule has 0 saturated heterocycles. The zero-order valence-corrected chi connectivity index (χ0v) is 12.6. The summed E-state index contributed by atoms with van der Waals surface area (Å²) in [6.07, 6.45) is 0.0884. The molecule has 2 aromatic heterocycles. The molecule has 0 radical (unpaired) electrons. The number of aryl methyl sites for hydroxylation is 2. The third kappa shape index (κ3) is 2.35. The first-order chi connectivity index (χ1) is 8.82. The lowest BCUT2D eigenvalue weighted by Gasteiger charge is -2.13. The van der Waals surface area contributed by atoms with E-state index in [-0.39, 0.29) is 18.0 Å². The Hall–Kier alpha value is -1.47. The minimum Gasteiger partial charge on any atom is -0.370 e. The number of hydrogen-bond acceptors (Lipinski definition) is 4. The van der Waals surface area contributed by atoms with Crippen LogP contribution in [-0.2, 0) is 4.79 Å². The van der Waals surface area contributed by atoms with Crippen LogP contribution in [0.1, 0.15) is 29.8 Å². The summed E-state index contributed by atoms with van der Waals surface area (Å²) in [4.78, 5) is 28.5. The van der Waals surface area contributed by atoms with Gasteiger partial charge in [-0.1, -0.05) is 0 Å². The zero-order chi connectivity index (χ0) is 14.3. The summed E-state index contributed by atoms with van der Waals surface area (Å²) in [5, 5.41) is 0.646. The summed E-state index contributed by atoms with van der Waals surface area (Å²) >= 11 is 6.72. The van der Waals surface area contributed by atoms with Crippen LogP contribution >= 0.6 is 23.6 Å². The Bertz CT molecular complexity index is 770. The highest BCUT2D eigenvalue weighted by Gasteiger charge is 2.17. The van der Waals surface area contributed by atoms with Gasteiger partial charge in [-0.05, 0) is 38.6 Å². The zero-order valence-electron chi connectivity index (χ0n) is 10.9. The predicted molar refractivity (Wildman–Crippen MR) is 79.3 cm³/mol. The molecule has 0 aliphatic heterocycles. The Balaban J connectivity index is 2.75. The van der Waals surface area contributed by atoms with Crippen molar-refractivity contribution in [2.75, 3.05) is 0 Å². The van der Waals surface area contributed by atoms with E-state index in [1.165, 1.54) is 15.9 Å². The number of hydrogen-bond donors (Lipinski definition) is 2. The number of amides is 1. The van der Waals surface area contributed by atoms with Gasteiger partial charge in [-0.25, -0.2) is 0 Å². The van der Waals surface area contributed by atoms with E-state index in [9.17, 15) is 9.59 Å². The summed E-state index contributed by atoms with van der Waals surface area (Å²) in [7, 11) is 0. The number of carbonyl (C=O) groups is 1. The van der Waals surface area contributed by atoms with Crippen LogP contribution in [-0.4, -0.2) is 15.5 Å². The first kappa shape index (κ1) is 14.0. The predicted octanol–water partition coefficient (Wildman–Crippen LogP) is 2.17. The van der Waals surface area contributed by atoms with Gasteiger partial charge in [-0.3, -0.25) is 14.2 Å². The fraction of sp³-hybridized carbons (Fsp3) is 0.417. The number of primary amides is 1. The highest BCUT2D eigenvalue weighted by Crippen LogP contribution is 2.26. The number of aromatic nitrogens is 2. The van der Waals surface area contributed by atoms with Crippen molar-refractivity contribution in [3.8, 4) is 0 Å². The van der Waals surface area contributed by atoms with Crippen molar-refractivity contribution in [2.24, 2.45) is 5.73 Å². The smallest absolute Gasteiger partial charge is 0.263 e. The topological polar surface area (TPSA) is 80.9 Å². The molecule has 0 aliphatic rings. The van der Waals surface area contributed by atoms with Crippen molar-refractivity contribution >= 4 is 39.7 Å². The van der Waals surface area contributed by atoms with E-state index in [0.29, 0.717) is 10.2 Å². The first-order valence-electron chi connectivity index (χ1n) is 5.85. The summed E-state index contributed by atoms with van der Waals surface area (Å²) in [6.45, 7) is 5.64. The Kier molecular flexibility index (Phi) is 3.60. The van der Waals surface area contributed by atoms with E-state index in [1.54, 1.807) is 6.92 Å². The van der Waals surface area contributed by atoms with Crippen LogP contribution in [0.3, 0.4) is 0 Å². The fourth-order valence-corrected chi connectivity index (χ4v) is 3.61. The van der Waals surface area contributed by atoms with Crippen LogP contribution in [0.5, 0.6) is 0 Å². The van der Waals surface area contributed by atoms with Crippen molar-refractivity contribution in [1.29, 1.82) is 0 Å². The van der Waals surface area contributed by atoms with Gasteiger partial charge in [-0.2, -0.15) is 0 Å². The quantitative estimate of drug-likeness (QED) is 0.852. The largest absolute Gasteiger partial charge is 0.370 e. The molecule has 0 aromatic carbocycles. The van der Waals surface area contributed by atoms with Gasteiger partial charge in [-0.15, -0.1) is 11.3 Å². The van der Waals surface area contributed by atoms with Crippen LogP contribution in [0.25, 0.3) is 10.2 Å². The summed E-state index contributed by atoms with van der Waals surface area (Å²) in [6, 6.07) is -0.349. The molecule has 1 unspecified atom stereocenters. The lowest BCUT2D eigenvalue weighted by molar-refractivity contribution is -0.118. The highest BCUT2D eigenvalue weighted by atomic mass is 32.1. The third-order valence-corrected chi connectivity index (χ3v) is 4.62. The van der Waals surface area contributed by atoms with Gasteiger partial charge >= 0.3 is 0 Å². The maximum atomic E-state index is 12.5. The monoisotopic (exact) mass is 297 g/mol. The van der Waals surface area contributed by atoms with E-state index in [2.05, 4.69) is 4.98 Å². The molecule has 0 fully saturated rings. The lowest BCUT2D eigenvalue weighted by Crippen LogP contribution is -2.28. The number of H-pyrrole nitrogens is 1. The molecule has 0 aliphatic carbocycles. The standard InChI is InChI=1S/C12H15N3O2S2/c1-5(4-8(13)16)15-11(17)9-6(2)7(3)19-10(9)14-12(15)18/h5H,4H2,1-3H3,(H2,13,16)(H,14,18). The Morgan fingerprint density at radius 2 is 2.16 bits per heavy atom. The summed E-state index contributed by atoms with van der Waals surface area (Å²) in [5.41, 5.74) is 5.98. The van der Waals surface area contributed by atoms with Crippen LogP contribution in [0.4, 0.5) is 0 Å². The summed E-state index contributed by atoms with van der Waals surface area (Å²) in [5.74, 6) is -0.452. The molecule has 19 heavy (non-hydrogen) atoms. The molecule has 2 rings (SSSR count). The molecule has 0 saturated carbocycles. The Morgan fingerprint density at radius 1 is 1.53 bits per heavy atom. The van der Waals surface area contributed by atoms with E-state index in [4.69, 9.17) is 18.0 Å². The van der Waals surface area contributed by atoms with E-state index >= 15 is 0 Å². The average molecular weight is 297 g/mol. The van der Waals surface area contributed by atoms with Gasteiger partial charge < -0.3 is 10.7 Å². The minimum atomic E-state index is -0.452. The van der Waals surface area contributed by atoms with Gasteiger partial charge in [0.1, 0.15) is 4.83 Å². The fourth-order valence-electron chi connectivity index (χ4n) is 2.13. The summed E-state index contributed by atoms with van der Waals surface area (Å²) < 4.78 is 1.76. The van der Waals surface area contributed by atoms with Crippen molar-refractivity contribution < 1.29 is 4.79 Å². The van der Waals surface area contributed by atoms with Gasteiger partial charge in [0, 0.05) is 17.3 Å². The number of nitrogens with one attached hydrogen (secondary N) is 1. The van der Waals surface area contributed by atoms with E-state index in [1.807, 2.05) is 13.8 Å². The molecule has 0 bridgehead atoms. The number of aromatic amines is 1. The highest BCUT2D eigenvalue weighted by molar-refractivity contribution is 7.71. The number of carbonyl (C=O) groups excluding carboxylic acids is 1. The normalized spacial score (nSPS) is 12.8. The van der Waals surface area contributed by atoms with E-state index < -0.39 is 5.91 Å². The van der Waals surface area contributed by atoms with Crippen molar-refractivity contribution in [3.63, 3.8) is 0 Å². The minimum absolute atomic E-state index is 0.0884. The second-order valence-electron chi connectivity index (χ2n) is 4.61. The van der Waals surface area contributed by atoms with E-state index in [0.717, 1.165) is 15.3 Å². The molecule has 0 spiro atoms. The average Bonchev–Trinajstić information content (AvgIpc) is 2.53. The molecule has 2 heterocycles. The van der Waals surface area contributed by atoms with Crippen LogP contribution in [0, 0.1) is 18.6 Å². The molecule has 102 valence electrons. The van der Waals surface area contributed by atoms with Gasteiger partial charge in [0.15, 0.2) is 4.77 Å². The maximum Gasteiger partial charge on any atom is 0.263 e. The number of fused-ring (bicyclic) bond motifs is 1. The number of nitrogens with two attached hydrogens (primary N) is 1. The molecule has 3 N–H and O–H groups in total. The second kappa shape index (κ2) is 4.90. The molecular formula is C12H15N3O2S2. The van der Waals surface area contributed by atoms with Gasteiger partial charge in [0.05, 0.1) is 5.39 Å². The molecule has 7 heteroatoms. The van der Waals surface area contributed by atoms with Crippen molar-refractivity contribution in [3.05, 3.63) is 25.6 Å². The Labute approximate surface area is 119 Å². The molecule has 5 nitrogen and oxygen atoms in total. The molecule has 2 aromatic rings. The number of rotatable bonds is 3. The third-order valence-electron chi connectivity index (χ3n) is 3.19. The van der Waals surface area contributed by atoms with Crippen LogP contribution in [0.15, 0.2) is 4.79 Å². The molecular weight excluding hydrogens is 282 g/mol. The van der Waals surface area contributed by atoms with Gasteiger partial charge in [0.2, 0.25) is 5.91 Å². The van der Waals surface area contributed by atoms with Gasteiger partial charge in [0.25, 0.3) is 5.56 Å². The van der Waals surface area contributed by atoms with Crippen molar-refractivity contribution in [2.45, 2.75) is 33.2 Å². The molecule has 1 amide bonds. The number of thiophene rings is 1. The second-order valence-corrected chi connectivity index (χ2v) is 6.22. The Morgan fingerprint density at radius 3 is 2.74 bits per heavy atom. The van der Waals surface area contributed by atoms with Crippen LogP contribution < -0.4 is 11.3 Å². The van der Waals surface area contributed by atoms with Crippen LogP contribution in [0.2, 0.25) is 0 Å². The van der Waals surface area contributed by atoms with Crippen molar-refractivity contribution in [1.82, 2.24) is 9.55 Å². The SMILES string of the molecule is Cc1sc2[nH]c(=S)n(C(C)CC(N)=O)c(=O)c2c1C. The first-order valence-corrected chi connectivity index (χ1v) is 7.08. The number of nitrogens with zero attached hydrogens (tertiary/aromatic N) is 1. The lowest BCUT2D eigenvalue weighted by atomic mass is 10.2.